The first-order valence-electron chi connectivity index (χ1n) is 7.26. The van der Waals surface area contributed by atoms with Gasteiger partial charge in [-0.05, 0) is 12.1 Å². The van der Waals surface area contributed by atoms with Crippen LogP contribution in [0.15, 0.2) is 35.2 Å². The van der Waals surface area contributed by atoms with Crippen LogP contribution in [0, 0.1) is 0 Å². The van der Waals surface area contributed by atoms with E-state index >= 15 is 0 Å². The molecule has 0 saturated carbocycles. The predicted molar refractivity (Wildman–Crippen MR) is 79.0 cm³/mol. The van der Waals surface area contributed by atoms with Crippen LogP contribution in [0.4, 0.5) is 5.88 Å². The van der Waals surface area contributed by atoms with Crippen molar-refractivity contribution in [2.24, 2.45) is 0 Å². The van der Waals surface area contributed by atoms with Gasteiger partial charge in [0.25, 0.3) is 12.1 Å². The molecule has 1 aliphatic heterocycles. The van der Waals surface area contributed by atoms with E-state index in [1.54, 1.807) is 29.3 Å². The zero-order chi connectivity index (χ0) is 15.8. The molecule has 1 N–H and O–H groups in total. The van der Waals surface area contributed by atoms with Crippen molar-refractivity contribution in [1.82, 2.24) is 10.3 Å². The minimum atomic E-state index is -0.289. The standard InChI is InChI=1S/C12H13N5O3.C2H6/c18-12(10-2-1-3-13-8-10)14-11-9-17(15-20-11)16-4-6-19-7-5-16;1-2/h1-3,8-9H,4-7H2;1-2H3/p+1. The minimum Gasteiger partial charge on any atom is -0.377 e. The molecule has 0 atom stereocenters. The van der Waals surface area contributed by atoms with Crippen LogP contribution < -0.4 is 15.1 Å². The average molecular weight is 306 g/mol. The second-order valence-corrected chi connectivity index (χ2v) is 4.25. The molecule has 22 heavy (non-hydrogen) atoms. The Hall–Kier alpha value is -2.48. The number of carbonyl (C=O) groups is 1. The lowest BCUT2D eigenvalue weighted by Gasteiger charge is -2.18. The molecule has 1 fully saturated rings. The summed E-state index contributed by atoms with van der Waals surface area (Å²) in [7, 11) is 0. The molecule has 1 saturated heterocycles. The molecule has 0 aliphatic carbocycles. The quantitative estimate of drug-likeness (QED) is 0.836. The van der Waals surface area contributed by atoms with Gasteiger partial charge in [-0.15, -0.1) is 5.01 Å². The summed E-state index contributed by atoms with van der Waals surface area (Å²) in [5.74, 6) is -0.00581. The van der Waals surface area contributed by atoms with Gasteiger partial charge < -0.3 is 4.74 Å². The molecule has 0 unspecified atom stereocenters. The Balaban J connectivity index is 0.000000847. The number of anilines is 1. The predicted octanol–water partition coefficient (Wildman–Crippen LogP) is 0.604. The van der Waals surface area contributed by atoms with Crippen LogP contribution in [-0.2, 0) is 4.74 Å². The lowest BCUT2D eigenvalue weighted by Crippen LogP contribution is -2.62. The SMILES string of the molecule is CC.O=C(Nc1c[n+](N2CCOCC2)no1)c1cccnc1. The Kier molecular flexibility index (Phi) is 5.84. The van der Waals surface area contributed by atoms with Crippen molar-refractivity contribution in [2.45, 2.75) is 13.8 Å². The van der Waals surface area contributed by atoms with Crippen molar-refractivity contribution in [1.29, 1.82) is 0 Å². The van der Waals surface area contributed by atoms with E-state index in [1.807, 2.05) is 18.9 Å². The highest BCUT2D eigenvalue weighted by molar-refractivity contribution is 6.03. The zero-order valence-electron chi connectivity index (χ0n) is 12.7. The van der Waals surface area contributed by atoms with Crippen molar-refractivity contribution in [3.05, 3.63) is 36.3 Å². The van der Waals surface area contributed by atoms with Crippen molar-refractivity contribution < 1.29 is 18.8 Å². The molecule has 3 rings (SSSR count). The maximum absolute atomic E-state index is 11.9. The fourth-order valence-corrected chi connectivity index (χ4v) is 1.87. The molecule has 2 aromatic rings. The Labute approximate surface area is 128 Å². The number of pyridine rings is 1. The fraction of sp³-hybridized carbons (Fsp3) is 0.429. The Morgan fingerprint density at radius 3 is 2.82 bits per heavy atom. The lowest BCUT2D eigenvalue weighted by atomic mass is 10.3. The lowest BCUT2D eigenvalue weighted by molar-refractivity contribution is -0.759. The molecule has 1 aliphatic rings. The van der Waals surface area contributed by atoms with Gasteiger partial charge in [0.15, 0.2) is 0 Å². The van der Waals surface area contributed by atoms with Crippen molar-refractivity contribution in [3.63, 3.8) is 0 Å². The van der Waals surface area contributed by atoms with Gasteiger partial charge in [-0.3, -0.25) is 19.6 Å². The minimum absolute atomic E-state index is 0.283. The molecule has 0 spiro atoms. The monoisotopic (exact) mass is 306 g/mol. The van der Waals surface area contributed by atoms with Gasteiger partial charge in [0.1, 0.15) is 0 Å². The van der Waals surface area contributed by atoms with E-state index in [-0.39, 0.29) is 11.8 Å². The number of morpholine rings is 1. The van der Waals surface area contributed by atoms with Crippen LogP contribution in [0.1, 0.15) is 24.2 Å². The number of nitrogens with one attached hydrogen (secondary N) is 1. The topological polar surface area (TPSA) is 84.4 Å². The maximum Gasteiger partial charge on any atom is 0.306 e. The highest BCUT2D eigenvalue weighted by Crippen LogP contribution is 2.05. The van der Waals surface area contributed by atoms with E-state index in [4.69, 9.17) is 9.26 Å². The van der Waals surface area contributed by atoms with E-state index < -0.39 is 0 Å². The third kappa shape index (κ3) is 4.01. The first-order valence-corrected chi connectivity index (χ1v) is 7.26. The summed E-state index contributed by atoms with van der Waals surface area (Å²) in [4.78, 5) is 17.4. The van der Waals surface area contributed by atoms with Crippen LogP contribution in [0.5, 0.6) is 0 Å². The molecule has 0 radical (unpaired) electrons. The van der Waals surface area contributed by atoms with Gasteiger partial charge in [-0.25, -0.2) is 0 Å². The van der Waals surface area contributed by atoms with E-state index in [0.29, 0.717) is 18.8 Å². The van der Waals surface area contributed by atoms with Gasteiger partial charge in [0, 0.05) is 12.4 Å². The number of ether oxygens (including phenoxy) is 1. The summed E-state index contributed by atoms with van der Waals surface area (Å²) in [5.41, 5.74) is 0.460. The number of hydrogen-bond acceptors (Lipinski definition) is 6. The van der Waals surface area contributed by atoms with Crippen LogP contribution >= 0.6 is 0 Å². The third-order valence-corrected chi connectivity index (χ3v) is 2.89. The van der Waals surface area contributed by atoms with Gasteiger partial charge in [0.05, 0.1) is 36.7 Å². The molecule has 0 aromatic carbocycles. The van der Waals surface area contributed by atoms with Crippen molar-refractivity contribution >= 4 is 11.8 Å². The zero-order valence-corrected chi connectivity index (χ0v) is 12.7. The van der Waals surface area contributed by atoms with Crippen molar-refractivity contribution in [2.75, 3.05) is 36.6 Å². The number of aromatic nitrogens is 3. The number of rotatable bonds is 3. The highest BCUT2D eigenvalue weighted by Gasteiger charge is 2.23. The normalized spacial score (nSPS) is 14.0. The molecule has 8 nitrogen and oxygen atoms in total. The second kappa shape index (κ2) is 8.08. The van der Waals surface area contributed by atoms with Crippen LogP contribution in [0.3, 0.4) is 0 Å². The highest BCUT2D eigenvalue weighted by atomic mass is 16.5. The van der Waals surface area contributed by atoms with E-state index in [1.165, 1.54) is 6.20 Å². The molecule has 0 bridgehead atoms. The second-order valence-electron chi connectivity index (χ2n) is 4.25. The van der Waals surface area contributed by atoms with Crippen molar-refractivity contribution in [3.8, 4) is 0 Å². The fourth-order valence-electron chi connectivity index (χ4n) is 1.87. The van der Waals surface area contributed by atoms with E-state index in [9.17, 15) is 4.79 Å². The summed E-state index contributed by atoms with van der Waals surface area (Å²) in [6.07, 6.45) is 4.72. The summed E-state index contributed by atoms with van der Waals surface area (Å²) in [6, 6.07) is 3.37. The van der Waals surface area contributed by atoms with Gasteiger partial charge in [-0.2, -0.15) is 0 Å². The molecule has 118 valence electrons. The molecule has 1 amide bonds. The Bertz CT molecular complexity index is 581. The molecule has 2 aromatic heterocycles. The number of carbonyl (C=O) groups excluding carboxylic acids is 1. The summed E-state index contributed by atoms with van der Waals surface area (Å²) >= 11 is 0. The van der Waals surface area contributed by atoms with E-state index in [0.717, 1.165) is 13.1 Å². The maximum atomic E-state index is 11.9. The smallest absolute Gasteiger partial charge is 0.306 e. The summed E-state index contributed by atoms with van der Waals surface area (Å²) < 4.78 is 10.3. The molecule has 3 heterocycles. The third-order valence-electron chi connectivity index (χ3n) is 2.89. The van der Waals surface area contributed by atoms with Gasteiger partial charge in [0.2, 0.25) is 5.27 Å². The van der Waals surface area contributed by atoms with Crippen LogP contribution in [0.2, 0.25) is 0 Å². The van der Waals surface area contributed by atoms with Gasteiger partial charge >= 0.3 is 5.88 Å². The number of nitrogens with zero attached hydrogens (tertiary/aromatic N) is 4. The van der Waals surface area contributed by atoms with Crippen LogP contribution in [0.25, 0.3) is 0 Å². The van der Waals surface area contributed by atoms with Gasteiger partial charge in [-0.1, -0.05) is 13.8 Å². The Morgan fingerprint density at radius 1 is 1.36 bits per heavy atom. The molecular weight excluding hydrogens is 286 g/mol. The first kappa shape index (κ1) is 15.9. The largest absolute Gasteiger partial charge is 0.377 e. The number of amides is 1. The Morgan fingerprint density at radius 2 is 2.14 bits per heavy atom. The first-order chi connectivity index (χ1) is 10.8. The van der Waals surface area contributed by atoms with Crippen LogP contribution in [-0.4, -0.2) is 42.5 Å². The van der Waals surface area contributed by atoms with E-state index in [2.05, 4.69) is 15.6 Å². The summed E-state index contributed by atoms with van der Waals surface area (Å²) in [5, 5.41) is 8.46. The molecule has 8 heteroatoms. The number of hydrogen-bond donors (Lipinski definition) is 1. The summed E-state index contributed by atoms with van der Waals surface area (Å²) in [6.45, 7) is 6.76. The average Bonchev–Trinajstić information content (AvgIpc) is 3.07. The molecular formula is C14H20N5O3+.